The number of sulfonamides is 1. The van der Waals surface area contributed by atoms with Gasteiger partial charge in [0.05, 0.1) is 73.1 Å². The predicted molar refractivity (Wildman–Crippen MR) is 204 cm³/mol. The number of nitrogens with zero attached hydrogens (tertiary/aromatic N) is 10. The Bertz CT molecular complexity index is 1960. The Labute approximate surface area is 315 Å². The molecule has 7 rings (SSSR count). The van der Waals surface area contributed by atoms with Crippen molar-refractivity contribution >= 4 is 44.3 Å². The summed E-state index contributed by atoms with van der Waals surface area (Å²) in [5.41, 5.74) is 3.58. The van der Waals surface area contributed by atoms with Gasteiger partial charge in [-0.25, -0.2) is 28.8 Å². The molecule has 2 aliphatic heterocycles. The molecule has 0 bridgehead atoms. The van der Waals surface area contributed by atoms with Crippen molar-refractivity contribution in [2.75, 3.05) is 98.9 Å². The summed E-state index contributed by atoms with van der Waals surface area (Å²) in [6.45, 7) is 8.32. The SMILES string of the molecule is CN1CCN(CCOc2cnc(NC3CCC(Oc4nc(N5CCOCC5)cc5ncc(N(Cc6cnc(NO)n6C)S(C)(=O)=O)cc45)CC3)nc2)CC1. The first-order valence-corrected chi connectivity index (χ1v) is 20.3. The van der Waals surface area contributed by atoms with Crippen LogP contribution >= 0.6 is 0 Å². The lowest BCUT2D eigenvalue weighted by molar-refractivity contribution is 0.122. The van der Waals surface area contributed by atoms with Crippen molar-refractivity contribution in [3.8, 4) is 11.6 Å². The van der Waals surface area contributed by atoms with E-state index in [0.717, 1.165) is 70.5 Å². The van der Waals surface area contributed by atoms with Crippen LogP contribution in [0.5, 0.6) is 11.6 Å². The van der Waals surface area contributed by atoms with Crippen molar-refractivity contribution in [2.24, 2.45) is 7.05 Å². The number of imidazole rings is 1. The van der Waals surface area contributed by atoms with E-state index in [0.29, 0.717) is 72.8 Å². The highest BCUT2D eigenvalue weighted by atomic mass is 32.2. The molecule has 0 spiro atoms. The molecule has 6 heterocycles. The minimum Gasteiger partial charge on any atom is -0.489 e. The van der Waals surface area contributed by atoms with Crippen LogP contribution < -0.4 is 29.5 Å². The van der Waals surface area contributed by atoms with E-state index in [4.69, 9.17) is 24.2 Å². The molecule has 1 aliphatic carbocycles. The van der Waals surface area contributed by atoms with Gasteiger partial charge in [0.15, 0.2) is 5.75 Å². The summed E-state index contributed by atoms with van der Waals surface area (Å²) in [5.74, 6) is 2.57. The molecule has 3 N–H and O–H groups in total. The van der Waals surface area contributed by atoms with Gasteiger partial charge in [-0.05, 0) is 38.8 Å². The predicted octanol–water partition coefficient (Wildman–Crippen LogP) is 2.19. The largest absolute Gasteiger partial charge is 0.489 e. The Morgan fingerprint density at radius 1 is 0.944 bits per heavy atom. The number of rotatable bonds is 14. The van der Waals surface area contributed by atoms with E-state index in [1.165, 1.54) is 10.5 Å². The average Bonchev–Trinajstić information content (AvgIpc) is 3.54. The van der Waals surface area contributed by atoms with Gasteiger partial charge in [0, 0.05) is 65.0 Å². The molecule has 1 saturated carbocycles. The number of aromatic nitrogens is 6. The third kappa shape index (κ3) is 9.20. The number of morpholine rings is 1. The standard InChI is InChI=1S/C35H50N12O6S/c1-43-8-10-45(11-9-43)12-17-52-29-22-37-34(38-23-29)40-25-4-6-28(7-5-25)53-33-30-18-26(20-36-31(30)19-32(41-33)46-13-15-51-16-14-46)47(54(3,49)50)24-27-21-39-35(42-48)44(27)2/h18-23,25,28,48H,4-17,24H2,1-3H3,(H,39,42)(H,37,38,40). The topological polar surface area (TPSA) is 188 Å². The first kappa shape index (κ1) is 37.7. The molecule has 3 aliphatic rings. The number of nitrogens with one attached hydrogen (secondary N) is 2. The van der Waals surface area contributed by atoms with Crippen LogP contribution in [0.3, 0.4) is 0 Å². The van der Waals surface area contributed by atoms with Crippen LogP contribution in [0.25, 0.3) is 10.9 Å². The van der Waals surface area contributed by atoms with Crippen LogP contribution in [0.15, 0.2) is 36.9 Å². The number of hydrogen-bond acceptors (Lipinski definition) is 16. The molecule has 18 nitrogen and oxygen atoms in total. The van der Waals surface area contributed by atoms with E-state index in [-0.39, 0.29) is 24.6 Å². The summed E-state index contributed by atoms with van der Waals surface area (Å²) in [7, 11) is 0.0853. The molecule has 292 valence electrons. The van der Waals surface area contributed by atoms with Gasteiger partial charge in [0.25, 0.3) is 0 Å². The summed E-state index contributed by atoms with van der Waals surface area (Å²) < 4.78 is 47.2. The fourth-order valence-electron chi connectivity index (χ4n) is 6.99. The number of ether oxygens (including phenoxy) is 3. The van der Waals surface area contributed by atoms with Gasteiger partial charge in [-0.1, -0.05) is 0 Å². The lowest BCUT2D eigenvalue weighted by Crippen LogP contribution is -2.45. The van der Waals surface area contributed by atoms with E-state index in [1.807, 2.05) is 11.5 Å². The number of fused-ring (bicyclic) bond motifs is 1. The number of anilines is 4. The molecule has 3 fully saturated rings. The maximum Gasteiger partial charge on any atom is 0.232 e. The van der Waals surface area contributed by atoms with E-state index >= 15 is 0 Å². The summed E-state index contributed by atoms with van der Waals surface area (Å²) in [5, 5.41) is 13.5. The Balaban J connectivity index is 1.02. The van der Waals surface area contributed by atoms with Crippen molar-refractivity contribution in [3.05, 3.63) is 42.6 Å². The van der Waals surface area contributed by atoms with Gasteiger partial charge in [-0.2, -0.15) is 4.98 Å². The normalized spacial score (nSPS) is 20.2. The third-order valence-electron chi connectivity index (χ3n) is 10.3. The van der Waals surface area contributed by atoms with E-state index in [1.54, 1.807) is 36.3 Å². The molecule has 0 atom stereocenters. The first-order chi connectivity index (χ1) is 26.1. The van der Waals surface area contributed by atoms with Gasteiger partial charge in [-0.15, -0.1) is 0 Å². The Morgan fingerprint density at radius 2 is 1.69 bits per heavy atom. The molecule has 0 amide bonds. The van der Waals surface area contributed by atoms with Gasteiger partial charge in [-0.3, -0.25) is 19.4 Å². The molecule has 0 unspecified atom stereocenters. The van der Waals surface area contributed by atoms with Gasteiger partial charge < -0.3 is 33.9 Å². The van der Waals surface area contributed by atoms with Crippen LogP contribution in [0.4, 0.5) is 23.4 Å². The lowest BCUT2D eigenvalue weighted by Gasteiger charge is -2.32. The number of hydrogen-bond donors (Lipinski definition) is 3. The van der Waals surface area contributed by atoms with Gasteiger partial charge in [0.2, 0.25) is 27.8 Å². The average molecular weight is 767 g/mol. The van der Waals surface area contributed by atoms with Crippen molar-refractivity contribution in [1.29, 1.82) is 0 Å². The zero-order chi connectivity index (χ0) is 37.7. The minimum atomic E-state index is -3.75. The number of pyridine rings is 2. The van der Waals surface area contributed by atoms with Crippen molar-refractivity contribution in [1.82, 2.24) is 39.3 Å². The second-order valence-corrected chi connectivity index (χ2v) is 16.0. The fraction of sp³-hybridized carbons (Fsp3) is 0.571. The van der Waals surface area contributed by atoms with Gasteiger partial charge >= 0.3 is 0 Å². The Kier molecular flexibility index (Phi) is 11.8. The van der Waals surface area contributed by atoms with Crippen molar-refractivity contribution in [3.63, 3.8) is 0 Å². The zero-order valence-corrected chi connectivity index (χ0v) is 31.9. The summed E-state index contributed by atoms with van der Waals surface area (Å²) in [4.78, 5) is 29.7. The van der Waals surface area contributed by atoms with E-state index in [9.17, 15) is 13.6 Å². The zero-order valence-electron chi connectivity index (χ0n) is 31.1. The number of piperazine rings is 1. The molecule has 19 heteroatoms. The smallest absolute Gasteiger partial charge is 0.232 e. The maximum absolute atomic E-state index is 13.1. The highest BCUT2D eigenvalue weighted by Crippen LogP contribution is 2.34. The van der Waals surface area contributed by atoms with Crippen LogP contribution in [-0.4, -0.2) is 144 Å². The quantitative estimate of drug-likeness (QED) is 0.158. The monoisotopic (exact) mass is 766 g/mol. The van der Waals surface area contributed by atoms with Crippen molar-refractivity contribution < 1.29 is 27.8 Å². The fourth-order valence-corrected chi connectivity index (χ4v) is 7.84. The number of likely N-dealkylation sites (N-methyl/N-ethyl adjacent to an activating group) is 1. The maximum atomic E-state index is 13.1. The Hall–Kier alpha value is -4.56. The first-order valence-electron chi connectivity index (χ1n) is 18.4. The molecule has 54 heavy (non-hydrogen) atoms. The second kappa shape index (κ2) is 16.8. The van der Waals surface area contributed by atoms with Crippen molar-refractivity contribution in [2.45, 2.75) is 44.4 Å². The molecule has 4 aromatic heterocycles. The lowest BCUT2D eigenvalue weighted by atomic mass is 9.93. The molecule has 0 aromatic carbocycles. The summed E-state index contributed by atoms with van der Waals surface area (Å²) in [6.07, 6.45) is 10.8. The molecule has 0 radical (unpaired) electrons. The third-order valence-corrected chi connectivity index (χ3v) is 11.5. The molecular formula is C35H50N12O6S. The second-order valence-electron chi connectivity index (χ2n) is 14.1. The minimum absolute atomic E-state index is 0.0277. The van der Waals surface area contributed by atoms with Crippen LogP contribution in [0.2, 0.25) is 0 Å². The molecule has 4 aromatic rings. The van der Waals surface area contributed by atoms with Gasteiger partial charge in [0.1, 0.15) is 18.5 Å². The summed E-state index contributed by atoms with van der Waals surface area (Å²) in [6, 6.07) is 3.86. The Morgan fingerprint density at radius 3 is 2.37 bits per heavy atom. The van der Waals surface area contributed by atoms with Crippen LogP contribution in [0.1, 0.15) is 31.4 Å². The summed E-state index contributed by atoms with van der Waals surface area (Å²) >= 11 is 0. The van der Waals surface area contributed by atoms with Crippen LogP contribution in [0, 0.1) is 0 Å². The van der Waals surface area contributed by atoms with E-state index in [2.05, 4.69) is 42.0 Å². The highest BCUT2D eigenvalue weighted by molar-refractivity contribution is 7.92. The molecular weight excluding hydrogens is 717 g/mol. The van der Waals surface area contributed by atoms with Crippen LogP contribution in [-0.2, 0) is 28.4 Å². The van der Waals surface area contributed by atoms with E-state index < -0.39 is 10.0 Å². The highest BCUT2D eigenvalue weighted by Gasteiger charge is 2.27. The molecule has 2 saturated heterocycles.